The Morgan fingerprint density at radius 1 is 1.33 bits per heavy atom. The van der Waals surface area contributed by atoms with E-state index in [0.29, 0.717) is 5.92 Å². The minimum Gasteiger partial charge on any atom is -0.263 e. The van der Waals surface area contributed by atoms with Gasteiger partial charge in [0, 0.05) is 11.3 Å². The van der Waals surface area contributed by atoms with E-state index in [1.165, 1.54) is 25.7 Å². The van der Waals surface area contributed by atoms with Gasteiger partial charge in [-0.15, -0.1) is 0 Å². The summed E-state index contributed by atoms with van der Waals surface area (Å²) in [4.78, 5) is 4.67. The molecule has 0 saturated heterocycles. The van der Waals surface area contributed by atoms with Crippen LogP contribution in [0.3, 0.4) is 0 Å². The average molecular weight is 207 g/mol. The van der Waals surface area contributed by atoms with Crippen LogP contribution in [0.2, 0.25) is 0 Å². The highest BCUT2D eigenvalue weighted by molar-refractivity contribution is 5.07. The Bertz CT molecular complexity index is 321. The summed E-state index contributed by atoms with van der Waals surface area (Å²) in [5, 5.41) is 7.49. The zero-order valence-corrected chi connectivity index (χ0v) is 10.0. The molecule has 1 fully saturated rings. The highest BCUT2D eigenvalue weighted by Gasteiger charge is 2.26. The number of rotatable bonds is 3. The van der Waals surface area contributed by atoms with Crippen molar-refractivity contribution in [1.29, 1.82) is 0 Å². The third-order valence-electron chi connectivity index (χ3n) is 3.73. The SMILES string of the molecule is CCC(C)(C)c1n[nH]c(C2CCCC2)n1. The zero-order valence-electron chi connectivity index (χ0n) is 10.0. The third kappa shape index (κ3) is 2.06. The van der Waals surface area contributed by atoms with Crippen molar-refractivity contribution >= 4 is 0 Å². The molecule has 0 atom stereocenters. The first-order valence-corrected chi connectivity index (χ1v) is 6.06. The van der Waals surface area contributed by atoms with E-state index in [1.54, 1.807) is 0 Å². The Kier molecular flexibility index (Phi) is 2.81. The van der Waals surface area contributed by atoms with Crippen molar-refractivity contribution in [2.75, 3.05) is 0 Å². The summed E-state index contributed by atoms with van der Waals surface area (Å²) in [6.07, 6.45) is 6.33. The van der Waals surface area contributed by atoms with E-state index in [4.69, 9.17) is 0 Å². The van der Waals surface area contributed by atoms with Gasteiger partial charge in [0.2, 0.25) is 0 Å². The molecule has 1 saturated carbocycles. The van der Waals surface area contributed by atoms with Crippen LogP contribution >= 0.6 is 0 Å². The minimum atomic E-state index is 0.105. The van der Waals surface area contributed by atoms with Crippen LogP contribution in [0.4, 0.5) is 0 Å². The molecular formula is C12H21N3. The molecule has 1 aliphatic rings. The fourth-order valence-corrected chi connectivity index (χ4v) is 2.12. The van der Waals surface area contributed by atoms with Gasteiger partial charge in [-0.2, -0.15) is 5.10 Å². The molecule has 84 valence electrons. The van der Waals surface area contributed by atoms with Gasteiger partial charge >= 0.3 is 0 Å². The first kappa shape index (κ1) is 10.7. The third-order valence-corrected chi connectivity index (χ3v) is 3.73. The van der Waals surface area contributed by atoms with Gasteiger partial charge in [-0.1, -0.05) is 33.6 Å². The number of nitrogens with zero attached hydrogens (tertiary/aromatic N) is 2. The second-order valence-electron chi connectivity index (χ2n) is 5.26. The highest BCUT2D eigenvalue weighted by Crippen LogP contribution is 2.33. The van der Waals surface area contributed by atoms with E-state index < -0.39 is 0 Å². The predicted molar refractivity (Wildman–Crippen MR) is 60.9 cm³/mol. The first-order valence-electron chi connectivity index (χ1n) is 6.06. The van der Waals surface area contributed by atoms with E-state index in [-0.39, 0.29) is 5.41 Å². The topological polar surface area (TPSA) is 41.6 Å². The van der Waals surface area contributed by atoms with Crippen LogP contribution < -0.4 is 0 Å². The number of aromatic amines is 1. The number of H-pyrrole nitrogens is 1. The Labute approximate surface area is 91.7 Å². The zero-order chi connectivity index (χ0) is 10.9. The Morgan fingerprint density at radius 2 is 2.00 bits per heavy atom. The number of hydrogen-bond donors (Lipinski definition) is 1. The monoisotopic (exact) mass is 207 g/mol. The van der Waals surface area contributed by atoms with Gasteiger partial charge in [0.05, 0.1) is 0 Å². The van der Waals surface area contributed by atoms with Crippen molar-refractivity contribution in [3.05, 3.63) is 11.6 Å². The normalized spacial score (nSPS) is 18.6. The Morgan fingerprint density at radius 3 is 2.60 bits per heavy atom. The van der Waals surface area contributed by atoms with E-state index >= 15 is 0 Å². The van der Waals surface area contributed by atoms with Crippen molar-refractivity contribution < 1.29 is 0 Å². The van der Waals surface area contributed by atoms with Crippen molar-refractivity contribution in [3.8, 4) is 0 Å². The van der Waals surface area contributed by atoms with Crippen LogP contribution in [0.25, 0.3) is 0 Å². The number of nitrogens with one attached hydrogen (secondary N) is 1. The molecule has 1 aliphatic carbocycles. The lowest BCUT2D eigenvalue weighted by Crippen LogP contribution is -2.17. The van der Waals surface area contributed by atoms with E-state index in [1.807, 2.05) is 0 Å². The van der Waals surface area contributed by atoms with E-state index in [0.717, 1.165) is 18.1 Å². The smallest absolute Gasteiger partial charge is 0.156 e. The van der Waals surface area contributed by atoms with Crippen LogP contribution in [0, 0.1) is 0 Å². The number of aromatic nitrogens is 3. The van der Waals surface area contributed by atoms with E-state index in [2.05, 4.69) is 36.0 Å². The lowest BCUT2D eigenvalue weighted by Gasteiger charge is -2.17. The van der Waals surface area contributed by atoms with Gasteiger partial charge in [0.15, 0.2) is 5.82 Å². The molecule has 1 N–H and O–H groups in total. The second kappa shape index (κ2) is 3.95. The quantitative estimate of drug-likeness (QED) is 0.827. The standard InChI is InChI=1S/C12H21N3/c1-4-12(2,3)11-13-10(14-15-11)9-7-5-6-8-9/h9H,4-8H2,1-3H3,(H,13,14,15). The minimum absolute atomic E-state index is 0.105. The lowest BCUT2D eigenvalue weighted by atomic mass is 9.89. The van der Waals surface area contributed by atoms with Crippen LogP contribution in [0.15, 0.2) is 0 Å². The molecule has 0 bridgehead atoms. The fraction of sp³-hybridized carbons (Fsp3) is 0.833. The molecule has 0 unspecified atom stereocenters. The second-order valence-corrected chi connectivity index (χ2v) is 5.26. The maximum atomic E-state index is 4.67. The Balaban J connectivity index is 2.16. The fourth-order valence-electron chi connectivity index (χ4n) is 2.12. The maximum Gasteiger partial charge on any atom is 0.156 e. The van der Waals surface area contributed by atoms with Gasteiger partial charge in [0.25, 0.3) is 0 Å². The van der Waals surface area contributed by atoms with Gasteiger partial charge in [0.1, 0.15) is 5.82 Å². The maximum absolute atomic E-state index is 4.67. The molecule has 0 radical (unpaired) electrons. The predicted octanol–water partition coefficient (Wildman–Crippen LogP) is 3.15. The molecule has 1 aromatic heterocycles. The summed E-state index contributed by atoms with van der Waals surface area (Å²) in [7, 11) is 0. The van der Waals surface area contributed by atoms with Gasteiger partial charge in [-0.05, 0) is 19.3 Å². The van der Waals surface area contributed by atoms with Crippen molar-refractivity contribution in [1.82, 2.24) is 15.2 Å². The van der Waals surface area contributed by atoms with Gasteiger partial charge in [-0.25, -0.2) is 4.98 Å². The molecular weight excluding hydrogens is 186 g/mol. The molecule has 2 rings (SSSR count). The molecule has 0 aliphatic heterocycles. The molecule has 15 heavy (non-hydrogen) atoms. The first-order chi connectivity index (χ1) is 7.13. The molecule has 0 spiro atoms. The average Bonchev–Trinajstić information content (AvgIpc) is 2.88. The van der Waals surface area contributed by atoms with Gasteiger partial charge in [-0.3, -0.25) is 5.10 Å². The summed E-state index contributed by atoms with van der Waals surface area (Å²) in [6, 6.07) is 0. The van der Waals surface area contributed by atoms with E-state index in [9.17, 15) is 0 Å². The summed E-state index contributed by atoms with van der Waals surface area (Å²) < 4.78 is 0. The molecule has 3 heteroatoms. The van der Waals surface area contributed by atoms with Crippen molar-refractivity contribution in [2.45, 2.75) is 64.2 Å². The Hall–Kier alpha value is -0.860. The van der Waals surface area contributed by atoms with Crippen LogP contribution in [0.5, 0.6) is 0 Å². The summed E-state index contributed by atoms with van der Waals surface area (Å²) >= 11 is 0. The van der Waals surface area contributed by atoms with Gasteiger partial charge < -0.3 is 0 Å². The number of hydrogen-bond acceptors (Lipinski definition) is 2. The largest absolute Gasteiger partial charge is 0.263 e. The van der Waals surface area contributed by atoms with Crippen LogP contribution in [0.1, 0.15) is 70.4 Å². The van der Waals surface area contributed by atoms with Crippen molar-refractivity contribution in [3.63, 3.8) is 0 Å². The summed E-state index contributed by atoms with van der Waals surface area (Å²) in [5.74, 6) is 2.73. The lowest BCUT2D eigenvalue weighted by molar-refractivity contribution is 0.474. The highest BCUT2D eigenvalue weighted by atomic mass is 15.2. The van der Waals surface area contributed by atoms with Crippen LogP contribution in [-0.4, -0.2) is 15.2 Å². The summed E-state index contributed by atoms with van der Waals surface area (Å²) in [6.45, 7) is 6.59. The molecule has 3 nitrogen and oxygen atoms in total. The molecule has 0 amide bonds. The molecule has 0 aromatic carbocycles. The summed E-state index contributed by atoms with van der Waals surface area (Å²) in [5.41, 5.74) is 0.105. The van der Waals surface area contributed by atoms with Crippen LogP contribution in [-0.2, 0) is 5.41 Å². The molecule has 1 heterocycles. The molecule has 1 aromatic rings. The van der Waals surface area contributed by atoms with Crippen molar-refractivity contribution in [2.24, 2.45) is 0 Å².